The van der Waals surface area contributed by atoms with Gasteiger partial charge in [0.2, 0.25) is 0 Å². The van der Waals surface area contributed by atoms with Crippen LogP contribution in [0, 0.1) is 17.8 Å². The van der Waals surface area contributed by atoms with Gasteiger partial charge in [0.15, 0.2) is 8.32 Å². The van der Waals surface area contributed by atoms with Crippen molar-refractivity contribution in [1.82, 2.24) is 0 Å². The highest BCUT2D eigenvalue weighted by Gasteiger charge is 2.54. The van der Waals surface area contributed by atoms with E-state index in [4.69, 9.17) is 13.9 Å². The van der Waals surface area contributed by atoms with Gasteiger partial charge in [0, 0.05) is 18.3 Å². The molecule has 0 spiro atoms. The lowest BCUT2D eigenvalue weighted by Crippen LogP contribution is -2.60. The quantitative estimate of drug-likeness (QED) is 0.353. The van der Waals surface area contributed by atoms with Crippen LogP contribution in [0.2, 0.25) is 18.1 Å². The van der Waals surface area contributed by atoms with E-state index in [-0.39, 0.29) is 0 Å². The summed E-state index contributed by atoms with van der Waals surface area (Å²) in [6.45, 7) is 19.3. The molecular formula is C27H50O7Si. The smallest absolute Gasteiger partial charge is 0.311 e. The molecule has 7 nitrogen and oxygen atoms in total. The topological polar surface area (TPSA) is 105 Å². The van der Waals surface area contributed by atoms with Crippen molar-refractivity contribution in [1.29, 1.82) is 0 Å². The molecule has 204 valence electrons. The fourth-order valence-electron chi connectivity index (χ4n) is 6.27. The van der Waals surface area contributed by atoms with Gasteiger partial charge in [0.05, 0.1) is 23.7 Å². The van der Waals surface area contributed by atoms with Crippen molar-refractivity contribution in [3.8, 4) is 0 Å². The molecule has 0 aromatic carbocycles. The third-order valence-corrected chi connectivity index (χ3v) is 13.7. The molecule has 35 heavy (non-hydrogen) atoms. The second-order valence-electron chi connectivity index (χ2n) is 11.4. The first-order valence-corrected chi connectivity index (χ1v) is 16.0. The Morgan fingerprint density at radius 3 is 2.03 bits per heavy atom. The minimum atomic E-state index is -2.05. The first-order chi connectivity index (χ1) is 16.1. The minimum Gasteiger partial charge on any atom is -0.491 e. The molecular weight excluding hydrogens is 464 g/mol. The van der Waals surface area contributed by atoms with Crippen molar-refractivity contribution in [3.63, 3.8) is 0 Å². The molecule has 0 aromatic heterocycles. The normalized spacial score (nSPS) is 41.5. The van der Waals surface area contributed by atoms with Crippen molar-refractivity contribution in [2.75, 3.05) is 0 Å². The zero-order valence-electron chi connectivity index (χ0n) is 23.6. The Morgan fingerprint density at radius 2 is 1.54 bits per heavy atom. The maximum absolute atomic E-state index is 13.0. The van der Waals surface area contributed by atoms with Crippen molar-refractivity contribution in [2.24, 2.45) is 17.8 Å². The molecule has 0 aromatic rings. The van der Waals surface area contributed by atoms with Crippen molar-refractivity contribution in [3.05, 3.63) is 11.3 Å². The third-order valence-electron chi connectivity index (χ3n) is 8.94. The largest absolute Gasteiger partial charge is 0.491 e. The lowest BCUT2D eigenvalue weighted by molar-refractivity contribution is -0.201. The second-order valence-corrected chi connectivity index (χ2v) is 16.1. The van der Waals surface area contributed by atoms with E-state index in [1.807, 2.05) is 20.8 Å². The first kappa shape index (κ1) is 30.3. The van der Waals surface area contributed by atoms with E-state index in [2.05, 4.69) is 27.7 Å². The van der Waals surface area contributed by atoms with Gasteiger partial charge < -0.3 is 29.2 Å². The van der Waals surface area contributed by atoms with Crippen LogP contribution in [0.1, 0.15) is 82.1 Å². The van der Waals surface area contributed by atoms with Gasteiger partial charge in [0.25, 0.3) is 0 Å². The molecule has 1 fully saturated rings. The standard InChI is InChI=1S/C27H50O7Si/c1-11-20-27(10,31)23(29)19(8)22-16(5)15-26(9,34-35(12-2,13-3)14-4)24(33-22)17(6)21(28)18(7)25(30)32-20/h17-21,23-24,28-29,31H,11-15H2,1-10H3/t17-,18+,19-,20+,21-,23+,24+,26+,27+/m0/s1. The maximum atomic E-state index is 13.0. The Balaban J connectivity index is 2.67. The predicted octanol–water partition coefficient (Wildman–Crippen LogP) is 4.55. The van der Waals surface area contributed by atoms with Gasteiger partial charge in [-0.2, -0.15) is 0 Å². The predicted molar refractivity (Wildman–Crippen MR) is 139 cm³/mol. The molecule has 1 saturated heterocycles. The van der Waals surface area contributed by atoms with E-state index in [9.17, 15) is 20.1 Å². The number of ether oxygens (including phenoxy) is 2. The van der Waals surface area contributed by atoms with Gasteiger partial charge in [-0.15, -0.1) is 0 Å². The number of aliphatic hydroxyl groups is 3. The summed E-state index contributed by atoms with van der Waals surface area (Å²) in [6, 6.07) is 2.94. The summed E-state index contributed by atoms with van der Waals surface area (Å²) in [6.07, 6.45) is -2.79. The number of hydrogen-bond donors (Lipinski definition) is 3. The van der Waals surface area contributed by atoms with E-state index < -0.39 is 67.7 Å². The molecule has 2 rings (SSSR count). The van der Waals surface area contributed by atoms with E-state index in [0.29, 0.717) is 18.6 Å². The second kappa shape index (κ2) is 11.2. The van der Waals surface area contributed by atoms with Gasteiger partial charge in [0.1, 0.15) is 23.6 Å². The van der Waals surface area contributed by atoms with Crippen LogP contribution in [0.25, 0.3) is 0 Å². The molecule has 0 radical (unpaired) electrons. The molecule has 0 amide bonds. The fraction of sp³-hybridized carbons (Fsp3) is 0.889. The van der Waals surface area contributed by atoms with Crippen molar-refractivity contribution < 1.29 is 34.0 Å². The Morgan fingerprint density at radius 1 is 1.00 bits per heavy atom. The van der Waals surface area contributed by atoms with Gasteiger partial charge in [-0.3, -0.25) is 4.79 Å². The van der Waals surface area contributed by atoms with Crippen LogP contribution in [-0.2, 0) is 18.7 Å². The molecule has 2 bridgehead atoms. The molecule has 2 aliphatic heterocycles. The van der Waals surface area contributed by atoms with Crippen LogP contribution in [0.5, 0.6) is 0 Å². The Hall–Kier alpha value is -0.933. The fourth-order valence-corrected chi connectivity index (χ4v) is 9.38. The Bertz CT molecular complexity index is 769. The summed E-state index contributed by atoms with van der Waals surface area (Å²) in [5.74, 6) is -1.79. The van der Waals surface area contributed by atoms with Gasteiger partial charge in [-0.25, -0.2) is 0 Å². The van der Waals surface area contributed by atoms with Crippen LogP contribution in [0.3, 0.4) is 0 Å². The average molecular weight is 515 g/mol. The first-order valence-electron chi connectivity index (χ1n) is 13.5. The van der Waals surface area contributed by atoms with Gasteiger partial charge in [-0.1, -0.05) is 41.5 Å². The summed E-state index contributed by atoms with van der Waals surface area (Å²) in [7, 11) is -2.05. The molecule has 2 heterocycles. The number of esters is 1. The van der Waals surface area contributed by atoms with Crippen LogP contribution >= 0.6 is 0 Å². The Kier molecular flexibility index (Phi) is 9.70. The number of fused-ring (bicyclic) bond motifs is 2. The summed E-state index contributed by atoms with van der Waals surface area (Å²) < 4.78 is 19.4. The SMILES string of the molecule is CC[C@H]1OC(=O)[C@H](C)[C@@H](O)[C@H](C)[C@H]2OC(=C(C)C[C@@]2(C)O[Si](CC)(CC)CC)[C@H](C)[C@@H](O)[C@]1(C)O. The number of rotatable bonds is 6. The van der Waals surface area contributed by atoms with Crippen LogP contribution < -0.4 is 0 Å². The number of aliphatic hydroxyl groups excluding tert-OH is 2. The number of carbonyl (C=O) groups is 1. The zero-order chi connectivity index (χ0) is 26.9. The van der Waals surface area contributed by atoms with Gasteiger partial charge >= 0.3 is 5.97 Å². The summed E-state index contributed by atoms with van der Waals surface area (Å²) >= 11 is 0. The molecule has 0 aliphatic carbocycles. The molecule has 3 N–H and O–H groups in total. The van der Waals surface area contributed by atoms with Crippen molar-refractivity contribution in [2.45, 2.75) is 136 Å². The lowest BCUT2D eigenvalue weighted by atomic mass is 9.75. The van der Waals surface area contributed by atoms with Crippen molar-refractivity contribution >= 4 is 14.3 Å². The highest BCUT2D eigenvalue weighted by atomic mass is 28.4. The summed E-state index contributed by atoms with van der Waals surface area (Å²) in [5, 5.41) is 34.0. The van der Waals surface area contributed by atoms with E-state index in [0.717, 1.165) is 23.7 Å². The maximum Gasteiger partial charge on any atom is 0.311 e. The molecule has 2 aliphatic rings. The molecule has 0 unspecified atom stereocenters. The molecule has 8 heteroatoms. The van der Waals surface area contributed by atoms with Crippen LogP contribution in [0.15, 0.2) is 11.3 Å². The van der Waals surface area contributed by atoms with Gasteiger partial charge in [-0.05, 0) is 57.8 Å². The lowest BCUT2D eigenvalue weighted by Gasteiger charge is -2.52. The third kappa shape index (κ3) is 5.66. The monoisotopic (exact) mass is 514 g/mol. The average Bonchev–Trinajstić information content (AvgIpc) is 2.82. The van der Waals surface area contributed by atoms with Crippen LogP contribution in [-0.4, -0.2) is 65.2 Å². The summed E-state index contributed by atoms with van der Waals surface area (Å²) in [5.41, 5.74) is -1.43. The van der Waals surface area contributed by atoms with E-state index in [1.54, 1.807) is 13.8 Å². The zero-order valence-corrected chi connectivity index (χ0v) is 24.6. The highest BCUT2D eigenvalue weighted by molar-refractivity contribution is 6.73. The number of carbonyl (C=O) groups excluding carboxylic acids is 1. The highest BCUT2D eigenvalue weighted by Crippen LogP contribution is 2.46. The molecule has 9 atom stereocenters. The minimum absolute atomic E-state index is 0.325. The Labute approximate surface area is 213 Å². The van der Waals surface area contributed by atoms with E-state index >= 15 is 0 Å². The molecule has 0 saturated carbocycles. The van der Waals surface area contributed by atoms with E-state index in [1.165, 1.54) is 6.92 Å². The van der Waals surface area contributed by atoms with Crippen LogP contribution in [0.4, 0.5) is 0 Å². The number of hydrogen-bond acceptors (Lipinski definition) is 7. The number of cyclic esters (lactones) is 1. The summed E-state index contributed by atoms with van der Waals surface area (Å²) in [4.78, 5) is 13.0.